The predicted octanol–water partition coefficient (Wildman–Crippen LogP) is 1.38. The molecule has 10 heavy (non-hydrogen) atoms. The van der Waals surface area contributed by atoms with Crippen LogP contribution in [0, 0.1) is 0 Å². The monoisotopic (exact) mass is 161 g/mol. The fraction of sp³-hybridized carbons (Fsp3) is 1.00. The molecule has 0 aromatic rings. The number of hydrogen-bond acceptors (Lipinski definition) is 3. The Balaban J connectivity index is 2.25. The molecule has 2 nitrogen and oxygen atoms in total. The molecule has 0 radical (unpaired) electrons. The molecule has 0 saturated heterocycles. The summed E-state index contributed by atoms with van der Waals surface area (Å²) in [5.41, 5.74) is 0. The van der Waals surface area contributed by atoms with E-state index in [-0.39, 0.29) is 0 Å². The molecule has 0 heterocycles. The molecule has 0 aromatic carbocycles. The highest BCUT2D eigenvalue weighted by Crippen LogP contribution is 2.20. The molecule has 0 bridgehead atoms. The summed E-state index contributed by atoms with van der Waals surface area (Å²) in [7, 11) is 1.78. The van der Waals surface area contributed by atoms with E-state index in [2.05, 4.69) is 17.5 Å². The molecule has 1 aliphatic rings. The number of hydrogen-bond donors (Lipinski definition) is 2. The average Bonchev–Trinajstić information content (AvgIpc) is 2.05. The first-order valence-electron chi connectivity index (χ1n) is 3.79. The topological polar surface area (TPSA) is 21.3 Å². The lowest BCUT2D eigenvalue weighted by Gasteiger charge is -2.27. The Labute approximate surface area is 67.9 Å². The van der Waals surface area contributed by atoms with Crippen LogP contribution in [0.1, 0.15) is 25.7 Å². The van der Waals surface area contributed by atoms with E-state index in [1.807, 2.05) is 0 Å². The van der Waals surface area contributed by atoms with Crippen LogP contribution in [-0.4, -0.2) is 19.3 Å². The maximum absolute atomic E-state index is 5.25. The molecule has 1 N–H and O–H groups in total. The van der Waals surface area contributed by atoms with E-state index in [1.165, 1.54) is 19.3 Å². The third-order valence-corrected chi connectivity index (χ3v) is 2.51. The summed E-state index contributed by atoms with van der Waals surface area (Å²) >= 11 is 4.04. The Bertz CT molecular complexity index is 89.6. The standard InChI is InChI=1S/C7H15NOS/c1-9-7-4-2-3-6(5-7)8-10/h6-8,10H,2-5H2,1H3/t6-,7?/m0/s1. The van der Waals surface area contributed by atoms with Crippen LogP contribution < -0.4 is 4.72 Å². The first-order valence-corrected chi connectivity index (χ1v) is 4.24. The largest absolute Gasteiger partial charge is 0.381 e. The zero-order valence-electron chi connectivity index (χ0n) is 6.34. The summed E-state index contributed by atoms with van der Waals surface area (Å²) in [5, 5.41) is 0. The fourth-order valence-corrected chi connectivity index (χ4v) is 1.71. The SMILES string of the molecule is COC1CCC[C@H](NS)C1. The van der Waals surface area contributed by atoms with Gasteiger partial charge in [-0.05, 0) is 25.7 Å². The molecular weight excluding hydrogens is 146 g/mol. The maximum atomic E-state index is 5.25. The molecule has 60 valence electrons. The van der Waals surface area contributed by atoms with Crippen molar-refractivity contribution in [1.29, 1.82) is 0 Å². The Kier molecular flexibility index (Phi) is 3.52. The summed E-state index contributed by atoms with van der Waals surface area (Å²) in [6.07, 6.45) is 5.28. The average molecular weight is 161 g/mol. The van der Waals surface area contributed by atoms with Crippen LogP contribution in [0.2, 0.25) is 0 Å². The van der Waals surface area contributed by atoms with Gasteiger partial charge < -0.3 is 4.74 Å². The minimum atomic E-state index is 0.457. The van der Waals surface area contributed by atoms with E-state index < -0.39 is 0 Å². The molecule has 0 amide bonds. The summed E-state index contributed by atoms with van der Waals surface area (Å²) in [4.78, 5) is 0. The van der Waals surface area contributed by atoms with E-state index in [1.54, 1.807) is 7.11 Å². The van der Waals surface area contributed by atoms with Crippen LogP contribution in [-0.2, 0) is 4.74 Å². The predicted molar refractivity (Wildman–Crippen MR) is 45.2 cm³/mol. The Morgan fingerprint density at radius 1 is 1.50 bits per heavy atom. The molecule has 0 aliphatic heterocycles. The Morgan fingerprint density at radius 2 is 2.30 bits per heavy atom. The van der Waals surface area contributed by atoms with Gasteiger partial charge in [-0.15, -0.1) is 0 Å². The second-order valence-corrected chi connectivity index (χ2v) is 3.11. The zero-order valence-corrected chi connectivity index (χ0v) is 7.23. The molecular formula is C7H15NOS. The lowest BCUT2D eigenvalue weighted by molar-refractivity contribution is 0.0627. The summed E-state index contributed by atoms with van der Waals surface area (Å²) in [5.74, 6) is 0. The van der Waals surface area contributed by atoms with Crippen molar-refractivity contribution in [3.8, 4) is 0 Å². The van der Waals surface area contributed by atoms with Gasteiger partial charge in [0.15, 0.2) is 0 Å². The van der Waals surface area contributed by atoms with Gasteiger partial charge in [0, 0.05) is 13.2 Å². The zero-order chi connectivity index (χ0) is 7.40. The number of thiol groups is 1. The van der Waals surface area contributed by atoms with E-state index >= 15 is 0 Å². The number of ether oxygens (including phenoxy) is 1. The second-order valence-electron chi connectivity index (χ2n) is 2.85. The van der Waals surface area contributed by atoms with Gasteiger partial charge >= 0.3 is 0 Å². The molecule has 2 atom stereocenters. The summed E-state index contributed by atoms with van der Waals surface area (Å²) in [6.45, 7) is 0. The number of rotatable bonds is 2. The van der Waals surface area contributed by atoms with Crippen molar-refractivity contribution in [2.75, 3.05) is 7.11 Å². The van der Waals surface area contributed by atoms with Crippen molar-refractivity contribution in [2.45, 2.75) is 37.8 Å². The summed E-state index contributed by atoms with van der Waals surface area (Å²) < 4.78 is 8.23. The van der Waals surface area contributed by atoms with E-state index in [0.29, 0.717) is 12.1 Å². The van der Waals surface area contributed by atoms with Crippen molar-refractivity contribution in [3.05, 3.63) is 0 Å². The van der Waals surface area contributed by atoms with Crippen molar-refractivity contribution in [2.24, 2.45) is 0 Å². The van der Waals surface area contributed by atoms with Crippen molar-refractivity contribution < 1.29 is 4.74 Å². The van der Waals surface area contributed by atoms with Gasteiger partial charge in [-0.25, -0.2) is 0 Å². The van der Waals surface area contributed by atoms with E-state index in [9.17, 15) is 0 Å². The van der Waals surface area contributed by atoms with Gasteiger partial charge in [-0.2, -0.15) is 0 Å². The Morgan fingerprint density at radius 3 is 2.90 bits per heavy atom. The molecule has 1 fully saturated rings. The fourth-order valence-electron chi connectivity index (χ4n) is 1.48. The van der Waals surface area contributed by atoms with Crippen LogP contribution in [0.5, 0.6) is 0 Å². The molecule has 1 saturated carbocycles. The minimum Gasteiger partial charge on any atom is -0.381 e. The highest BCUT2D eigenvalue weighted by atomic mass is 32.1. The summed E-state index contributed by atoms with van der Waals surface area (Å²) in [6, 6.07) is 0.557. The van der Waals surface area contributed by atoms with Crippen molar-refractivity contribution in [1.82, 2.24) is 4.72 Å². The lowest BCUT2D eigenvalue weighted by atomic mass is 9.94. The van der Waals surface area contributed by atoms with E-state index in [0.717, 1.165) is 6.42 Å². The third-order valence-electron chi connectivity index (χ3n) is 2.14. The van der Waals surface area contributed by atoms with Gasteiger partial charge in [-0.1, -0.05) is 12.8 Å². The van der Waals surface area contributed by atoms with Gasteiger partial charge in [0.1, 0.15) is 0 Å². The molecule has 3 heteroatoms. The quantitative estimate of drug-likeness (QED) is 0.597. The maximum Gasteiger partial charge on any atom is 0.0586 e. The highest BCUT2D eigenvalue weighted by Gasteiger charge is 2.19. The van der Waals surface area contributed by atoms with Crippen molar-refractivity contribution >= 4 is 12.8 Å². The van der Waals surface area contributed by atoms with Crippen LogP contribution in [0.25, 0.3) is 0 Å². The normalized spacial score (nSPS) is 34.2. The van der Waals surface area contributed by atoms with Gasteiger partial charge in [0.05, 0.1) is 6.10 Å². The van der Waals surface area contributed by atoms with E-state index in [4.69, 9.17) is 4.74 Å². The lowest BCUT2D eigenvalue weighted by Crippen LogP contribution is -2.31. The molecule has 1 unspecified atom stereocenters. The smallest absolute Gasteiger partial charge is 0.0586 e. The molecule has 0 spiro atoms. The van der Waals surface area contributed by atoms with Crippen molar-refractivity contribution in [3.63, 3.8) is 0 Å². The van der Waals surface area contributed by atoms with Crippen LogP contribution in [0.15, 0.2) is 0 Å². The first kappa shape index (κ1) is 8.37. The van der Waals surface area contributed by atoms with Gasteiger partial charge in [-0.3, -0.25) is 4.72 Å². The number of methoxy groups -OCH3 is 1. The number of nitrogens with one attached hydrogen (secondary N) is 1. The Hall–Kier alpha value is 0.270. The van der Waals surface area contributed by atoms with Crippen LogP contribution >= 0.6 is 12.8 Å². The second kappa shape index (κ2) is 4.21. The molecule has 0 aromatic heterocycles. The minimum absolute atomic E-state index is 0.457. The highest BCUT2D eigenvalue weighted by molar-refractivity contribution is 7.78. The van der Waals surface area contributed by atoms with Crippen LogP contribution in [0.4, 0.5) is 0 Å². The van der Waals surface area contributed by atoms with Gasteiger partial charge in [0.2, 0.25) is 0 Å². The first-order chi connectivity index (χ1) is 4.86. The van der Waals surface area contributed by atoms with Gasteiger partial charge in [0.25, 0.3) is 0 Å². The van der Waals surface area contributed by atoms with Crippen LogP contribution in [0.3, 0.4) is 0 Å². The molecule has 1 aliphatic carbocycles. The third kappa shape index (κ3) is 2.15. The molecule has 1 rings (SSSR count).